The summed E-state index contributed by atoms with van der Waals surface area (Å²) in [4.78, 5) is 2.32. The van der Waals surface area contributed by atoms with Gasteiger partial charge in [0.05, 0.1) is 11.5 Å². The SMILES string of the molecule is CN1CCC(NC2CS(=O)(=O)C2)CC1. The van der Waals surface area contributed by atoms with E-state index in [1.54, 1.807) is 0 Å². The van der Waals surface area contributed by atoms with Gasteiger partial charge in [-0.15, -0.1) is 0 Å². The van der Waals surface area contributed by atoms with Gasteiger partial charge in [0.15, 0.2) is 9.84 Å². The molecule has 4 nitrogen and oxygen atoms in total. The van der Waals surface area contributed by atoms with Crippen molar-refractivity contribution < 1.29 is 8.42 Å². The largest absolute Gasteiger partial charge is 0.309 e. The Kier molecular flexibility index (Phi) is 2.81. The van der Waals surface area contributed by atoms with E-state index < -0.39 is 9.84 Å². The zero-order valence-corrected chi connectivity index (χ0v) is 9.39. The predicted octanol–water partition coefficient (Wildman–Crippen LogP) is -0.533. The number of piperidine rings is 1. The van der Waals surface area contributed by atoms with Gasteiger partial charge in [-0.2, -0.15) is 0 Å². The van der Waals surface area contributed by atoms with Crippen LogP contribution in [0.2, 0.25) is 0 Å². The van der Waals surface area contributed by atoms with Gasteiger partial charge in [-0.05, 0) is 33.0 Å². The van der Waals surface area contributed by atoms with Crippen LogP contribution in [0.3, 0.4) is 0 Å². The highest BCUT2D eigenvalue weighted by Crippen LogP contribution is 2.15. The van der Waals surface area contributed by atoms with E-state index in [-0.39, 0.29) is 6.04 Å². The van der Waals surface area contributed by atoms with Gasteiger partial charge in [0.2, 0.25) is 0 Å². The van der Waals surface area contributed by atoms with E-state index in [1.165, 1.54) is 0 Å². The second-order valence-electron chi connectivity index (χ2n) is 4.52. The fourth-order valence-corrected chi connectivity index (χ4v) is 3.49. The molecule has 14 heavy (non-hydrogen) atoms. The molecule has 2 aliphatic rings. The number of nitrogens with one attached hydrogen (secondary N) is 1. The Bertz CT molecular complexity index is 282. The average molecular weight is 218 g/mol. The Balaban J connectivity index is 1.72. The van der Waals surface area contributed by atoms with Crippen molar-refractivity contribution >= 4 is 9.84 Å². The number of likely N-dealkylation sites (tertiary alicyclic amines) is 1. The molecule has 0 amide bonds. The maximum Gasteiger partial charge on any atom is 0.153 e. The lowest BCUT2D eigenvalue weighted by Crippen LogP contribution is -2.56. The highest BCUT2D eigenvalue weighted by molar-refractivity contribution is 7.92. The molecular weight excluding hydrogens is 200 g/mol. The second kappa shape index (κ2) is 3.79. The Labute approximate surface area is 85.6 Å². The van der Waals surface area contributed by atoms with Gasteiger partial charge >= 0.3 is 0 Å². The first kappa shape index (κ1) is 10.4. The van der Waals surface area contributed by atoms with Crippen LogP contribution in [-0.2, 0) is 9.84 Å². The molecule has 82 valence electrons. The normalized spacial score (nSPS) is 30.1. The molecule has 0 aromatic carbocycles. The number of sulfone groups is 1. The average Bonchev–Trinajstić information content (AvgIpc) is 2.06. The summed E-state index contributed by atoms with van der Waals surface area (Å²) in [5.74, 6) is 0.693. The summed E-state index contributed by atoms with van der Waals surface area (Å²) in [6, 6.07) is 0.764. The van der Waals surface area contributed by atoms with Crippen LogP contribution >= 0.6 is 0 Å². The van der Waals surface area contributed by atoms with Crippen LogP contribution in [0, 0.1) is 0 Å². The fourth-order valence-electron chi connectivity index (χ4n) is 2.17. The smallest absolute Gasteiger partial charge is 0.153 e. The third-order valence-electron chi connectivity index (χ3n) is 3.10. The van der Waals surface area contributed by atoms with E-state index in [9.17, 15) is 8.42 Å². The van der Waals surface area contributed by atoms with Crippen molar-refractivity contribution in [3.8, 4) is 0 Å². The van der Waals surface area contributed by atoms with Gasteiger partial charge in [-0.25, -0.2) is 8.42 Å². The second-order valence-corrected chi connectivity index (χ2v) is 6.67. The highest BCUT2D eigenvalue weighted by Gasteiger charge is 2.34. The van der Waals surface area contributed by atoms with Crippen molar-refractivity contribution in [1.82, 2.24) is 10.2 Å². The van der Waals surface area contributed by atoms with Crippen LogP contribution in [0.15, 0.2) is 0 Å². The maximum atomic E-state index is 10.9. The van der Waals surface area contributed by atoms with Crippen molar-refractivity contribution in [3.63, 3.8) is 0 Å². The Hall–Kier alpha value is -0.130. The van der Waals surface area contributed by atoms with Crippen LogP contribution in [0.4, 0.5) is 0 Å². The summed E-state index contributed by atoms with van der Waals surface area (Å²) >= 11 is 0. The lowest BCUT2D eigenvalue weighted by atomic mass is 10.0. The van der Waals surface area contributed by atoms with Gasteiger partial charge in [0.1, 0.15) is 0 Å². The summed E-state index contributed by atoms with van der Waals surface area (Å²) in [5, 5.41) is 3.43. The molecule has 2 heterocycles. The van der Waals surface area contributed by atoms with E-state index in [2.05, 4.69) is 17.3 Å². The maximum absolute atomic E-state index is 10.9. The molecule has 0 aromatic rings. The summed E-state index contributed by atoms with van der Waals surface area (Å²) in [6.45, 7) is 2.24. The molecular formula is C9H18N2O2S. The molecule has 2 saturated heterocycles. The standard InChI is InChI=1S/C9H18N2O2S/c1-11-4-2-8(3-5-11)10-9-6-14(12,13)7-9/h8-10H,2-7H2,1H3. The van der Waals surface area contributed by atoms with E-state index in [4.69, 9.17) is 0 Å². The summed E-state index contributed by atoms with van der Waals surface area (Å²) in [7, 11) is -0.536. The van der Waals surface area contributed by atoms with Crippen molar-refractivity contribution in [1.29, 1.82) is 0 Å². The van der Waals surface area contributed by atoms with Crippen LogP contribution in [0.1, 0.15) is 12.8 Å². The number of hydrogen-bond donors (Lipinski definition) is 1. The van der Waals surface area contributed by atoms with Gasteiger partial charge in [0.25, 0.3) is 0 Å². The molecule has 2 rings (SSSR count). The first-order valence-electron chi connectivity index (χ1n) is 5.20. The van der Waals surface area contributed by atoms with E-state index >= 15 is 0 Å². The van der Waals surface area contributed by atoms with Gasteiger partial charge in [-0.1, -0.05) is 0 Å². The molecule has 0 bridgehead atoms. The van der Waals surface area contributed by atoms with Gasteiger partial charge in [-0.3, -0.25) is 0 Å². The zero-order valence-electron chi connectivity index (χ0n) is 8.57. The van der Waals surface area contributed by atoms with E-state index in [0.29, 0.717) is 17.5 Å². The minimum atomic E-state index is -2.67. The van der Waals surface area contributed by atoms with Crippen molar-refractivity contribution in [2.45, 2.75) is 24.9 Å². The molecule has 0 aliphatic carbocycles. The monoisotopic (exact) mass is 218 g/mol. The molecule has 1 N–H and O–H groups in total. The Morgan fingerprint density at radius 2 is 1.71 bits per heavy atom. The summed E-state index contributed by atoms with van der Waals surface area (Å²) in [6.07, 6.45) is 2.29. The van der Waals surface area contributed by atoms with Crippen LogP contribution in [0.25, 0.3) is 0 Å². The molecule has 0 radical (unpaired) electrons. The number of hydrogen-bond acceptors (Lipinski definition) is 4. The Morgan fingerprint density at radius 3 is 2.21 bits per heavy atom. The molecule has 2 aliphatic heterocycles. The number of nitrogens with zero attached hydrogens (tertiary/aromatic N) is 1. The molecule has 0 unspecified atom stereocenters. The van der Waals surface area contributed by atoms with Crippen molar-refractivity contribution in [3.05, 3.63) is 0 Å². The van der Waals surface area contributed by atoms with E-state index in [0.717, 1.165) is 25.9 Å². The number of rotatable bonds is 2. The molecule has 0 spiro atoms. The summed E-state index contributed by atoms with van der Waals surface area (Å²) < 4.78 is 21.9. The first-order chi connectivity index (χ1) is 6.55. The first-order valence-corrected chi connectivity index (χ1v) is 7.02. The van der Waals surface area contributed by atoms with E-state index in [1.807, 2.05) is 0 Å². The van der Waals surface area contributed by atoms with Crippen molar-refractivity contribution in [2.75, 3.05) is 31.6 Å². The van der Waals surface area contributed by atoms with Crippen LogP contribution < -0.4 is 5.32 Å². The zero-order chi connectivity index (χ0) is 10.2. The lowest BCUT2D eigenvalue weighted by molar-refractivity contribution is 0.227. The lowest BCUT2D eigenvalue weighted by Gasteiger charge is -2.35. The van der Waals surface area contributed by atoms with Crippen LogP contribution in [-0.4, -0.2) is 57.0 Å². The molecule has 0 atom stereocenters. The minimum Gasteiger partial charge on any atom is -0.309 e. The highest BCUT2D eigenvalue weighted by atomic mass is 32.2. The van der Waals surface area contributed by atoms with Crippen molar-refractivity contribution in [2.24, 2.45) is 0 Å². The fraction of sp³-hybridized carbons (Fsp3) is 1.00. The molecule has 0 saturated carbocycles. The van der Waals surface area contributed by atoms with Crippen LogP contribution in [0.5, 0.6) is 0 Å². The van der Waals surface area contributed by atoms with Gasteiger partial charge in [0, 0.05) is 12.1 Å². The Morgan fingerprint density at radius 1 is 1.14 bits per heavy atom. The summed E-state index contributed by atoms with van der Waals surface area (Å²) in [5.41, 5.74) is 0. The predicted molar refractivity (Wildman–Crippen MR) is 56.1 cm³/mol. The third kappa shape index (κ3) is 2.46. The minimum absolute atomic E-state index is 0.230. The third-order valence-corrected chi connectivity index (χ3v) is 4.92. The van der Waals surface area contributed by atoms with Gasteiger partial charge < -0.3 is 10.2 Å². The topological polar surface area (TPSA) is 49.4 Å². The molecule has 0 aromatic heterocycles. The molecule has 2 fully saturated rings. The quantitative estimate of drug-likeness (QED) is 0.677. The molecule has 5 heteroatoms.